The van der Waals surface area contributed by atoms with Gasteiger partial charge in [-0.15, -0.1) is 0 Å². The largest absolute Gasteiger partial charge is 0.388 e. The van der Waals surface area contributed by atoms with Gasteiger partial charge >= 0.3 is 0 Å². The molecule has 1 saturated heterocycles. The van der Waals surface area contributed by atoms with Gasteiger partial charge in [-0.2, -0.15) is 0 Å². The van der Waals surface area contributed by atoms with Gasteiger partial charge in [0.2, 0.25) is 0 Å². The number of piperidine rings is 1. The lowest BCUT2D eigenvalue weighted by atomic mass is 9.68. The standard InChI is InChI=1S/C25H31NO/c1-24(2,3)25(27)14-13-22-20-10-6-8-18-12-11-17-7-4-5-9-19(17)21(23(18)20)15-26(22)16-25/h4-10,21-22,27H,11-16H2,1-3H3/t21-,22-,25-/m0/s1. The molecule has 2 nitrogen and oxygen atoms in total. The first-order chi connectivity index (χ1) is 12.9. The lowest BCUT2D eigenvalue weighted by molar-refractivity contribution is -0.122. The van der Waals surface area contributed by atoms with Crippen LogP contribution in [-0.4, -0.2) is 28.7 Å². The highest BCUT2D eigenvalue weighted by atomic mass is 16.3. The topological polar surface area (TPSA) is 23.5 Å². The van der Waals surface area contributed by atoms with Gasteiger partial charge in [-0.3, -0.25) is 4.90 Å². The molecule has 27 heavy (non-hydrogen) atoms. The first-order valence-corrected chi connectivity index (χ1v) is 10.5. The zero-order valence-corrected chi connectivity index (χ0v) is 16.8. The molecule has 0 radical (unpaired) electrons. The van der Waals surface area contributed by atoms with Crippen LogP contribution in [0, 0.1) is 5.41 Å². The molecule has 2 aromatic carbocycles. The van der Waals surface area contributed by atoms with E-state index in [0.717, 1.165) is 38.8 Å². The van der Waals surface area contributed by atoms with Crippen molar-refractivity contribution in [3.05, 3.63) is 70.3 Å². The molecular formula is C25H31NO. The van der Waals surface area contributed by atoms with E-state index in [-0.39, 0.29) is 5.41 Å². The second-order valence-electron chi connectivity index (χ2n) is 9.94. The first kappa shape index (κ1) is 17.5. The smallest absolute Gasteiger partial charge is 0.0822 e. The van der Waals surface area contributed by atoms with Crippen molar-refractivity contribution < 1.29 is 5.11 Å². The number of aryl methyl sites for hydroxylation is 2. The molecule has 0 unspecified atom stereocenters. The maximum atomic E-state index is 11.4. The van der Waals surface area contributed by atoms with Gasteiger partial charge in [0.25, 0.3) is 0 Å². The summed E-state index contributed by atoms with van der Waals surface area (Å²) in [6.07, 6.45) is 4.23. The van der Waals surface area contributed by atoms with Gasteiger partial charge in [-0.05, 0) is 58.9 Å². The number of hydrogen-bond donors (Lipinski definition) is 1. The van der Waals surface area contributed by atoms with E-state index in [1.807, 2.05) is 0 Å². The third-order valence-electron chi connectivity index (χ3n) is 7.58. The fourth-order valence-electron chi connectivity index (χ4n) is 5.76. The molecule has 0 aromatic heterocycles. The zero-order valence-electron chi connectivity index (χ0n) is 16.8. The van der Waals surface area contributed by atoms with E-state index in [1.54, 1.807) is 11.1 Å². The van der Waals surface area contributed by atoms with E-state index in [2.05, 4.69) is 68.1 Å². The SMILES string of the molecule is CC(C)(C)[C@]1(O)CC[C@H]2c3cccc4c3[C@@H](CN2C1)c1ccccc1CC4. The number of benzene rings is 2. The predicted molar refractivity (Wildman–Crippen MR) is 110 cm³/mol. The van der Waals surface area contributed by atoms with Crippen molar-refractivity contribution >= 4 is 0 Å². The van der Waals surface area contributed by atoms with Crippen molar-refractivity contribution in [1.82, 2.24) is 4.90 Å². The fourth-order valence-corrected chi connectivity index (χ4v) is 5.76. The number of hydrogen-bond acceptors (Lipinski definition) is 2. The maximum absolute atomic E-state index is 11.4. The summed E-state index contributed by atoms with van der Waals surface area (Å²) in [4.78, 5) is 2.59. The molecule has 0 spiro atoms. The fraction of sp³-hybridized carbons (Fsp3) is 0.520. The lowest BCUT2D eigenvalue weighted by Gasteiger charge is -2.53. The Morgan fingerprint density at radius 2 is 1.67 bits per heavy atom. The van der Waals surface area contributed by atoms with Gasteiger partial charge in [0.05, 0.1) is 5.60 Å². The number of aliphatic hydroxyl groups is 1. The van der Waals surface area contributed by atoms with Crippen LogP contribution in [0.2, 0.25) is 0 Å². The highest BCUT2D eigenvalue weighted by molar-refractivity contribution is 5.51. The molecule has 0 saturated carbocycles. The molecule has 5 rings (SSSR count). The van der Waals surface area contributed by atoms with Gasteiger partial charge in [0, 0.05) is 25.0 Å². The summed E-state index contributed by atoms with van der Waals surface area (Å²) < 4.78 is 0. The van der Waals surface area contributed by atoms with E-state index < -0.39 is 5.60 Å². The van der Waals surface area contributed by atoms with Crippen molar-refractivity contribution in [1.29, 1.82) is 0 Å². The molecule has 2 heteroatoms. The summed E-state index contributed by atoms with van der Waals surface area (Å²) in [6, 6.07) is 16.5. The Morgan fingerprint density at radius 1 is 0.963 bits per heavy atom. The molecule has 1 N–H and O–H groups in total. The van der Waals surface area contributed by atoms with Crippen molar-refractivity contribution in [2.24, 2.45) is 5.41 Å². The normalized spacial score (nSPS) is 30.1. The third kappa shape index (κ3) is 2.61. The van der Waals surface area contributed by atoms with E-state index in [4.69, 9.17) is 0 Å². The quantitative estimate of drug-likeness (QED) is 0.725. The Kier molecular flexibility index (Phi) is 3.83. The van der Waals surface area contributed by atoms with Crippen molar-refractivity contribution in [2.45, 2.75) is 64.0 Å². The first-order valence-electron chi connectivity index (χ1n) is 10.5. The van der Waals surface area contributed by atoms with Crippen molar-refractivity contribution in [2.75, 3.05) is 13.1 Å². The minimum Gasteiger partial charge on any atom is -0.388 e. The summed E-state index contributed by atoms with van der Waals surface area (Å²) in [5, 5.41) is 11.4. The summed E-state index contributed by atoms with van der Waals surface area (Å²) in [5.74, 6) is 0.438. The van der Waals surface area contributed by atoms with Crippen molar-refractivity contribution in [3.63, 3.8) is 0 Å². The van der Waals surface area contributed by atoms with Crippen LogP contribution in [-0.2, 0) is 12.8 Å². The van der Waals surface area contributed by atoms with Gasteiger partial charge in [0.15, 0.2) is 0 Å². The molecule has 1 aliphatic carbocycles. The van der Waals surface area contributed by atoms with Crippen LogP contribution in [0.4, 0.5) is 0 Å². The second-order valence-corrected chi connectivity index (χ2v) is 9.94. The highest BCUT2D eigenvalue weighted by Crippen LogP contribution is 2.50. The van der Waals surface area contributed by atoms with E-state index in [1.165, 1.54) is 16.7 Å². The van der Waals surface area contributed by atoms with Crippen LogP contribution in [0.5, 0.6) is 0 Å². The lowest BCUT2D eigenvalue weighted by Crippen LogP contribution is -2.58. The van der Waals surface area contributed by atoms with E-state index >= 15 is 0 Å². The number of fused-ring (bicyclic) bond motifs is 4. The molecule has 1 fully saturated rings. The maximum Gasteiger partial charge on any atom is 0.0822 e. The molecule has 2 aliphatic heterocycles. The van der Waals surface area contributed by atoms with Crippen LogP contribution in [0.25, 0.3) is 0 Å². The molecule has 3 aliphatic rings. The summed E-state index contributed by atoms with van der Waals surface area (Å²) in [7, 11) is 0. The Balaban J connectivity index is 1.63. The second kappa shape index (κ2) is 5.93. The van der Waals surface area contributed by atoms with Crippen LogP contribution >= 0.6 is 0 Å². The Morgan fingerprint density at radius 3 is 2.48 bits per heavy atom. The van der Waals surface area contributed by atoms with Gasteiger partial charge in [-0.1, -0.05) is 63.2 Å². The third-order valence-corrected chi connectivity index (χ3v) is 7.58. The Hall–Kier alpha value is -1.64. The molecule has 142 valence electrons. The highest BCUT2D eigenvalue weighted by Gasteiger charge is 2.49. The van der Waals surface area contributed by atoms with Gasteiger partial charge < -0.3 is 5.11 Å². The molecule has 2 aromatic rings. The van der Waals surface area contributed by atoms with Crippen molar-refractivity contribution in [3.8, 4) is 0 Å². The van der Waals surface area contributed by atoms with E-state index in [9.17, 15) is 5.11 Å². The Labute approximate surface area is 163 Å². The summed E-state index contributed by atoms with van der Waals surface area (Å²) in [6.45, 7) is 8.37. The van der Waals surface area contributed by atoms with Crippen LogP contribution in [0.15, 0.2) is 42.5 Å². The van der Waals surface area contributed by atoms with E-state index in [0.29, 0.717) is 12.0 Å². The van der Waals surface area contributed by atoms with Gasteiger partial charge in [-0.25, -0.2) is 0 Å². The molecule has 2 heterocycles. The average Bonchev–Trinajstić information content (AvgIpc) is 2.79. The number of rotatable bonds is 0. The predicted octanol–water partition coefficient (Wildman–Crippen LogP) is 4.84. The molecule has 0 bridgehead atoms. The monoisotopic (exact) mass is 361 g/mol. The van der Waals surface area contributed by atoms with Crippen LogP contribution < -0.4 is 0 Å². The zero-order chi connectivity index (χ0) is 18.8. The summed E-state index contributed by atoms with van der Waals surface area (Å²) in [5.41, 5.74) is 6.98. The Bertz CT molecular complexity index is 880. The summed E-state index contributed by atoms with van der Waals surface area (Å²) >= 11 is 0. The minimum atomic E-state index is -0.608. The molecular weight excluding hydrogens is 330 g/mol. The average molecular weight is 362 g/mol. The van der Waals surface area contributed by atoms with Crippen LogP contribution in [0.3, 0.4) is 0 Å². The van der Waals surface area contributed by atoms with Gasteiger partial charge in [0.1, 0.15) is 0 Å². The number of nitrogens with zero attached hydrogens (tertiary/aromatic N) is 1. The van der Waals surface area contributed by atoms with Crippen LogP contribution in [0.1, 0.15) is 73.4 Å². The minimum absolute atomic E-state index is 0.0958. The molecule has 3 atom stereocenters. The molecule has 0 amide bonds.